The average Bonchev–Trinajstić information content (AvgIpc) is 3.17. The molecule has 10 heteroatoms. The number of piperidine rings is 1. The van der Waals surface area contributed by atoms with E-state index in [2.05, 4.69) is 35.8 Å². The van der Waals surface area contributed by atoms with Crippen LogP contribution >= 0.6 is 0 Å². The molecule has 2 aliphatic heterocycles. The Labute approximate surface area is 183 Å². The van der Waals surface area contributed by atoms with Crippen LogP contribution in [0.3, 0.4) is 0 Å². The molecule has 0 radical (unpaired) electrons. The summed E-state index contributed by atoms with van der Waals surface area (Å²) in [6, 6.07) is 6.01. The number of hydrogen-bond donors (Lipinski definition) is 0. The van der Waals surface area contributed by atoms with Crippen LogP contribution in [0.2, 0.25) is 0 Å². The van der Waals surface area contributed by atoms with E-state index >= 15 is 0 Å². The summed E-state index contributed by atoms with van der Waals surface area (Å²) in [5.41, 5.74) is -0.204. The van der Waals surface area contributed by atoms with Crippen LogP contribution in [-0.2, 0) is 23.3 Å². The van der Waals surface area contributed by atoms with E-state index in [1.807, 2.05) is 4.68 Å². The lowest BCUT2D eigenvalue weighted by Crippen LogP contribution is -2.57. The quantitative estimate of drug-likeness (QED) is 0.700. The van der Waals surface area contributed by atoms with Crippen molar-refractivity contribution in [3.63, 3.8) is 0 Å². The second-order valence-corrected chi connectivity index (χ2v) is 11.1. The summed E-state index contributed by atoms with van der Waals surface area (Å²) in [5.74, 6) is 0.962. The predicted octanol–water partition coefficient (Wildman–Crippen LogP) is 2.49. The SMILES string of the molecule is CC(C)Cn1ncnc1CN1CC[C@@]2(C[C@@H]1C)CN(C)S(=O)(=O)N2c1cccc(F)c1. The van der Waals surface area contributed by atoms with Gasteiger partial charge < -0.3 is 0 Å². The Morgan fingerprint density at radius 1 is 1.32 bits per heavy atom. The third-order valence-corrected chi connectivity index (χ3v) is 8.33. The molecule has 31 heavy (non-hydrogen) atoms. The van der Waals surface area contributed by atoms with Gasteiger partial charge in [0.05, 0.1) is 17.8 Å². The van der Waals surface area contributed by atoms with Gasteiger partial charge in [-0.15, -0.1) is 0 Å². The zero-order valence-electron chi connectivity index (χ0n) is 18.6. The minimum absolute atomic E-state index is 0.135. The lowest BCUT2D eigenvalue weighted by Gasteiger charge is -2.46. The molecule has 2 aliphatic rings. The fourth-order valence-electron chi connectivity index (χ4n) is 4.96. The van der Waals surface area contributed by atoms with E-state index in [0.29, 0.717) is 37.5 Å². The molecule has 2 atom stereocenters. The third kappa shape index (κ3) is 4.08. The first-order chi connectivity index (χ1) is 14.6. The summed E-state index contributed by atoms with van der Waals surface area (Å²) in [6.07, 6.45) is 2.92. The van der Waals surface area contributed by atoms with Crippen molar-refractivity contribution >= 4 is 15.9 Å². The van der Waals surface area contributed by atoms with Crippen LogP contribution in [0.15, 0.2) is 30.6 Å². The topological polar surface area (TPSA) is 74.6 Å². The minimum Gasteiger partial charge on any atom is -0.293 e. The number of anilines is 1. The molecular weight excluding hydrogens is 419 g/mol. The van der Waals surface area contributed by atoms with Gasteiger partial charge in [0.1, 0.15) is 18.0 Å². The number of hydrogen-bond acceptors (Lipinski definition) is 5. The van der Waals surface area contributed by atoms with E-state index in [-0.39, 0.29) is 6.04 Å². The molecule has 1 aromatic carbocycles. The molecule has 1 aromatic heterocycles. The van der Waals surface area contributed by atoms with E-state index in [9.17, 15) is 12.8 Å². The number of aromatic nitrogens is 3. The molecule has 0 bridgehead atoms. The Kier molecular flexibility index (Phi) is 5.82. The van der Waals surface area contributed by atoms with Gasteiger partial charge in [0.15, 0.2) is 0 Å². The number of halogens is 1. The highest BCUT2D eigenvalue weighted by Crippen LogP contribution is 2.44. The van der Waals surface area contributed by atoms with E-state index in [4.69, 9.17) is 0 Å². The van der Waals surface area contributed by atoms with Gasteiger partial charge >= 0.3 is 10.2 Å². The molecule has 170 valence electrons. The summed E-state index contributed by atoms with van der Waals surface area (Å²) >= 11 is 0. The Hall–Kier alpha value is -2.04. The van der Waals surface area contributed by atoms with Crippen molar-refractivity contribution in [2.24, 2.45) is 5.92 Å². The minimum atomic E-state index is -3.70. The Morgan fingerprint density at radius 3 is 2.77 bits per heavy atom. The van der Waals surface area contributed by atoms with Gasteiger partial charge in [0.25, 0.3) is 0 Å². The van der Waals surface area contributed by atoms with E-state index in [1.165, 1.54) is 20.7 Å². The zero-order chi connectivity index (χ0) is 22.4. The van der Waals surface area contributed by atoms with E-state index in [0.717, 1.165) is 18.9 Å². The summed E-state index contributed by atoms with van der Waals surface area (Å²) in [5, 5.41) is 4.36. The maximum absolute atomic E-state index is 13.9. The van der Waals surface area contributed by atoms with E-state index < -0.39 is 21.6 Å². The van der Waals surface area contributed by atoms with Gasteiger partial charge in [-0.1, -0.05) is 19.9 Å². The van der Waals surface area contributed by atoms with Crippen LogP contribution in [0.1, 0.15) is 39.4 Å². The van der Waals surface area contributed by atoms with Crippen LogP contribution in [0, 0.1) is 11.7 Å². The van der Waals surface area contributed by atoms with E-state index in [1.54, 1.807) is 25.5 Å². The monoisotopic (exact) mass is 450 g/mol. The lowest BCUT2D eigenvalue weighted by molar-refractivity contribution is 0.0962. The highest BCUT2D eigenvalue weighted by atomic mass is 32.2. The van der Waals surface area contributed by atoms with Crippen molar-refractivity contribution in [2.75, 3.05) is 24.4 Å². The van der Waals surface area contributed by atoms with Gasteiger partial charge in [0.2, 0.25) is 0 Å². The van der Waals surface area contributed by atoms with Crippen LogP contribution in [0.5, 0.6) is 0 Å². The van der Waals surface area contributed by atoms with Crippen molar-refractivity contribution in [1.82, 2.24) is 24.0 Å². The molecular formula is C21H31FN6O2S. The highest BCUT2D eigenvalue weighted by Gasteiger charge is 2.55. The summed E-state index contributed by atoms with van der Waals surface area (Å²) in [6.45, 7) is 9.04. The Morgan fingerprint density at radius 2 is 2.10 bits per heavy atom. The first-order valence-corrected chi connectivity index (χ1v) is 12.1. The maximum Gasteiger partial charge on any atom is 0.304 e. The van der Waals surface area contributed by atoms with Crippen LogP contribution in [-0.4, -0.2) is 64.1 Å². The maximum atomic E-state index is 13.9. The predicted molar refractivity (Wildman–Crippen MR) is 117 cm³/mol. The smallest absolute Gasteiger partial charge is 0.293 e. The second kappa shape index (κ2) is 8.14. The summed E-state index contributed by atoms with van der Waals surface area (Å²) in [7, 11) is -2.10. The first-order valence-electron chi connectivity index (χ1n) is 10.8. The molecule has 2 fully saturated rings. The van der Waals surface area contributed by atoms with Crippen LogP contribution < -0.4 is 4.31 Å². The van der Waals surface area contributed by atoms with Gasteiger partial charge in [-0.2, -0.15) is 17.8 Å². The molecule has 1 spiro atoms. The number of nitrogens with zero attached hydrogens (tertiary/aromatic N) is 6. The summed E-state index contributed by atoms with van der Waals surface area (Å²) in [4.78, 5) is 6.78. The van der Waals surface area contributed by atoms with Crippen molar-refractivity contribution in [3.05, 3.63) is 42.2 Å². The van der Waals surface area contributed by atoms with Gasteiger partial charge in [-0.25, -0.2) is 14.1 Å². The Bertz CT molecular complexity index is 1040. The van der Waals surface area contributed by atoms with Crippen LogP contribution in [0.25, 0.3) is 0 Å². The number of likely N-dealkylation sites (N-methyl/N-ethyl adjacent to an activating group) is 1. The molecule has 0 aliphatic carbocycles. The third-order valence-electron chi connectivity index (χ3n) is 6.36. The Balaban J connectivity index is 1.58. The van der Waals surface area contributed by atoms with Crippen LogP contribution in [0.4, 0.5) is 10.1 Å². The van der Waals surface area contributed by atoms with Crippen molar-refractivity contribution in [3.8, 4) is 0 Å². The lowest BCUT2D eigenvalue weighted by atomic mass is 9.83. The molecule has 0 N–H and O–H groups in total. The second-order valence-electron chi connectivity index (χ2n) is 9.26. The molecule has 3 heterocycles. The first kappa shape index (κ1) is 22.2. The number of rotatable bonds is 5. The van der Waals surface area contributed by atoms with Crippen molar-refractivity contribution in [1.29, 1.82) is 0 Å². The highest BCUT2D eigenvalue weighted by molar-refractivity contribution is 7.90. The van der Waals surface area contributed by atoms with Gasteiger partial charge in [0, 0.05) is 32.7 Å². The van der Waals surface area contributed by atoms with Gasteiger partial charge in [-0.05, 0) is 43.9 Å². The molecule has 0 unspecified atom stereocenters. The fraction of sp³-hybridized carbons (Fsp3) is 0.619. The number of likely N-dealkylation sites (tertiary alicyclic amines) is 1. The normalized spacial score (nSPS) is 26.9. The van der Waals surface area contributed by atoms with Gasteiger partial charge in [-0.3, -0.25) is 9.21 Å². The van der Waals surface area contributed by atoms with Crippen molar-refractivity contribution < 1.29 is 12.8 Å². The fourth-order valence-corrected chi connectivity index (χ4v) is 6.74. The molecule has 8 nitrogen and oxygen atoms in total. The molecule has 0 amide bonds. The zero-order valence-corrected chi connectivity index (χ0v) is 19.4. The standard InChI is InChI=1S/C21H31FN6O2S/c1-16(2)12-27-20(23-15-24-27)13-26-9-8-21(11-17(26)3)14-25(4)31(29,30)28(21)19-7-5-6-18(22)10-19/h5-7,10,15-17H,8-9,11-14H2,1-4H3/t17-,21+/m0/s1. The number of benzene rings is 1. The van der Waals surface area contributed by atoms with Crippen molar-refractivity contribution in [2.45, 2.75) is 58.3 Å². The molecule has 0 saturated carbocycles. The molecule has 4 rings (SSSR count). The molecule has 2 saturated heterocycles. The molecule has 2 aromatic rings. The summed E-state index contributed by atoms with van der Waals surface area (Å²) < 4.78 is 45.1. The largest absolute Gasteiger partial charge is 0.304 e. The average molecular weight is 451 g/mol.